The summed E-state index contributed by atoms with van der Waals surface area (Å²) in [5.74, 6) is 0. The molecule has 18 heavy (non-hydrogen) atoms. The van der Waals surface area contributed by atoms with Gasteiger partial charge in [0.25, 0.3) is 0 Å². The zero-order valence-corrected chi connectivity index (χ0v) is 11.9. The molecule has 2 rings (SSSR count). The number of nitrogens with zero attached hydrogens (tertiary/aromatic N) is 2. The number of ether oxygens (including phenoxy) is 1. The van der Waals surface area contributed by atoms with E-state index >= 15 is 0 Å². The predicted molar refractivity (Wildman–Crippen MR) is 75.0 cm³/mol. The third kappa shape index (κ3) is 4.84. The van der Waals surface area contributed by atoms with Crippen LogP contribution in [0.2, 0.25) is 0 Å². The van der Waals surface area contributed by atoms with E-state index < -0.39 is 0 Å². The lowest BCUT2D eigenvalue weighted by Crippen LogP contribution is -2.49. The standard InChI is InChI=1S/C14H29N3O/c1-2-6-16-8-10-17(11-9-16)7-5-15-14-3-12-18-13-4-14/h14-15H,2-13H2,1H3. The molecule has 2 saturated heterocycles. The summed E-state index contributed by atoms with van der Waals surface area (Å²) in [6, 6.07) is 0.695. The van der Waals surface area contributed by atoms with Crippen LogP contribution in [0, 0.1) is 0 Å². The molecule has 0 amide bonds. The summed E-state index contributed by atoms with van der Waals surface area (Å²) in [7, 11) is 0. The third-order valence-corrected chi connectivity index (χ3v) is 4.09. The van der Waals surface area contributed by atoms with E-state index in [2.05, 4.69) is 22.0 Å². The molecule has 0 aliphatic carbocycles. The second-order valence-electron chi connectivity index (χ2n) is 5.52. The number of rotatable bonds is 6. The van der Waals surface area contributed by atoms with Crippen molar-refractivity contribution in [2.75, 3.05) is 59.0 Å². The van der Waals surface area contributed by atoms with Crippen LogP contribution < -0.4 is 5.32 Å². The van der Waals surface area contributed by atoms with Crippen LogP contribution >= 0.6 is 0 Å². The van der Waals surface area contributed by atoms with Gasteiger partial charge in [0.15, 0.2) is 0 Å². The second kappa shape index (κ2) is 8.10. The molecule has 106 valence electrons. The van der Waals surface area contributed by atoms with Crippen molar-refractivity contribution in [3.63, 3.8) is 0 Å². The minimum atomic E-state index is 0.695. The lowest BCUT2D eigenvalue weighted by atomic mass is 10.1. The predicted octanol–water partition coefficient (Wildman–Crippen LogP) is 0.783. The first-order valence-electron chi connectivity index (χ1n) is 7.64. The largest absolute Gasteiger partial charge is 0.381 e. The molecule has 0 spiro atoms. The van der Waals surface area contributed by atoms with Crippen molar-refractivity contribution in [3.05, 3.63) is 0 Å². The minimum Gasteiger partial charge on any atom is -0.381 e. The van der Waals surface area contributed by atoms with Crippen LogP contribution in [0.25, 0.3) is 0 Å². The number of nitrogens with one attached hydrogen (secondary N) is 1. The summed E-state index contributed by atoms with van der Waals surface area (Å²) < 4.78 is 5.37. The molecule has 2 heterocycles. The topological polar surface area (TPSA) is 27.7 Å². The molecule has 0 atom stereocenters. The van der Waals surface area contributed by atoms with Crippen molar-refractivity contribution >= 4 is 0 Å². The first-order chi connectivity index (χ1) is 8.88. The average Bonchev–Trinajstić information content (AvgIpc) is 2.42. The third-order valence-electron chi connectivity index (χ3n) is 4.09. The highest BCUT2D eigenvalue weighted by molar-refractivity contribution is 4.74. The maximum atomic E-state index is 5.37. The highest BCUT2D eigenvalue weighted by atomic mass is 16.5. The smallest absolute Gasteiger partial charge is 0.0480 e. The molecule has 4 nitrogen and oxygen atoms in total. The van der Waals surface area contributed by atoms with Crippen molar-refractivity contribution in [3.8, 4) is 0 Å². The Morgan fingerprint density at radius 1 is 1.00 bits per heavy atom. The fourth-order valence-electron chi connectivity index (χ4n) is 2.88. The van der Waals surface area contributed by atoms with Gasteiger partial charge in [0, 0.05) is 58.5 Å². The summed E-state index contributed by atoms with van der Waals surface area (Å²) in [5.41, 5.74) is 0. The molecule has 2 aliphatic rings. The Morgan fingerprint density at radius 3 is 2.22 bits per heavy atom. The van der Waals surface area contributed by atoms with E-state index in [1.165, 1.54) is 58.5 Å². The van der Waals surface area contributed by atoms with Crippen LogP contribution in [-0.4, -0.2) is 74.9 Å². The summed E-state index contributed by atoms with van der Waals surface area (Å²) in [6.45, 7) is 12.8. The summed E-state index contributed by atoms with van der Waals surface area (Å²) in [5, 5.41) is 3.67. The van der Waals surface area contributed by atoms with E-state index in [1.54, 1.807) is 0 Å². The van der Waals surface area contributed by atoms with E-state index in [-0.39, 0.29) is 0 Å². The molecular formula is C14H29N3O. The monoisotopic (exact) mass is 255 g/mol. The Morgan fingerprint density at radius 2 is 1.61 bits per heavy atom. The van der Waals surface area contributed by atoms with Gasteiger partial charge in [-0.3, -0.25) is 4.90 Å². The van der Waals surface area contributed by atoms with E-state index in [4.69, 9.17) is 4.74 Å². The van der Waals surface area contributed by atoms with Crippen LogP contribution in [-0.2, 0) is 4.74 Å². The SMILES string of the molecule is CCCN1CCN(CCNC2CCOCC2)CC1. The van der Waals surface area contributed by atoms with Crippen molar-refractivity contribution in [2.45, 2.75) is 32.2 Å². The normalized spacial score (nSPS) is 24.5. The quantitative estimate of drug-likeness (QED) is 0.759. The molecule has 4 heteroatoms. The van der Waals surface area contributed by atoms with Crippen LogP contribution in [0.1, 0.15) is 26.2 Å². The lowest BCUT2D eigenvalue weighted by molar-refractivity contribution is 0.0759. The summed E-state index contributed by atoms with van der Waals surface area (Å²) in [6.07, 6.45) is 3.65. The molecule has 0 unspecified atom stereocenters. The number of piperazine rings is 1. The fourth-order valence-corrected chi connectivity index (χ4v) is 2.88. The van der Waals surface area contributed by atoms with Crippen molar-refractivity contribution in [1.82, 2.24) is 15.1 Å². The van der Waals surface area contributed by atoms with E-state index in [0.717, 1.165) is 19.8 Å². The Bertz CT molecular complexity index is 211. The van der Waals surface area contributed by atoms with Gasteiger partial charge in [0.05, 0.1) is 0 Å². The summed E-state index contributed by atoms with van der Waals surface area (Å²) >= 11 is 0. The highest BCUT2D eigenvalue weighted by Gasteiger charge is 2.17. The van der Waals surface area contributed by atoms with Crippen LogP contribution in [0.5, 0.6) is 0 Å². The van der Waals surface area contributed by atoms with Crippen LogP contribution in [0.15, 0.2) is 0 Å². The molecule has 0 bridgehead atoms. The molecule has 0 saturated carbocycles. The molecule has 0 aromatic carbocycles. The first-order valence-corrected chi connectivity index (χ1v) is 7.64. The molecule has 0 aromatic rings. The van der Waals surface area contributed by atoms with Crippen LogP contribution in [0.3, 0.4) is 0 Å². The molecular weight excluding hydrogens is 226 g/mol. The van der Waals surface area contributed by atoms with E-state index in [1.807, 2.05) is 0 Å². The molecule has 1 N–H and O–H groups in total. The fraction of sp³-hybridized carbons (Fsp3) is 1.00. The van der Waals surface area contributed by atoms with Gasteiger partial charge in [0.1, 0.15) is 0 Å². The maximum absolute atomic E-state index is 5.37. The van der Waals surface area contributed by atoms with Crippen molar-refractivity contribution in [2.24, 2.45) is 0 Å². The van der Waals surface area contributed by atoms with Gasteiger partial charge < -0.3 is 15.0 Å². The van der Waals surface area contributed by atoms with Gasteiger partial charge in [-0.15, -0.1) is 0 Å². The van der Waals surface area contributed by atoms with E-state index in [0.29, 0.717) is 6.04 Å². The zero-order valence-electron chi connectivity index (χ0n) is 11.9. The van der Waals surface area contributed by atoms with Crippen LogP contribution in [0.4, 0.5) is 0 Å². The van der Waals surface area contributed by atoms with Gasteiger partial charge in [-0.25, -0.2) is 0 Å². The Kier molecular flexibility index (Phi) is 6.41. The van der Waals surface area contributed by atoms with Gasteiger partial charge in [-0.2, -0.15) is 0 Å². The van der Waals surface area contributed by atoms with Gasteiger partial charge in [-0.1, -0.05) is 6.92 Å². The Labute approximate surface area is 112 Å². The number of hydrogen-bond donors (Lipinski definition) is 1. The Hall–Kier alpha value is -0.160. The number of hydrogen-bond acceptors (Lipinski definition) is 4. The average molecular weight is 255 g/mol. The highest BCUT2D eigenvalue weighted by Crippen LogP contribution is 2.06. The van der Waals surface area contributed by atoms with Crippen molar-refractivity contribution in [1.29, 1.82) is 0 Å². The first kappa shape index (κ1) is 14.3. The minimum absolute atomic E-state index is 0.695. The van der Waals surface area contributed by atoms with Gasteiger partial charge in [0.2, 0.25) is 0 Å². The lowest BCUT2D eigenvalue weighted by Gasteiger charge is -2.35. The molecule has 2 fully saturated rings. The second-order valence-corrected chi connectivity index (χ2v) is 5.52. The molecule has 2 aliphatic heterocycles. The molecule has 0 radical (unpaired) electrons. The van der Waals surface area contributed by atoms with Gasteiger partial charge in [-0.05, 0) is 25.8 Å². The summed E-state index contributed by atoms with van der Waals surface area (Å²) in [4.78, 5) is 5.18. The van der Waals surface area contributed by atoms with Gasteiger partial charge >= 0.3 is 0 Å². The zero-order chi connectivity index (χ0) is 12.6. The molecule has 0 aromatic heterocycles. The maximum Gasteiger partial charge on any atom is 0.0480 e. The Balaban J connectivity index is 1.52. The van der Waals surface area contributed by atoms with Crippen molar-refractivity contribution < 1.29 is 4.74 Å². The van der Waals surface area contributed by atoms with E-state index in [9.17, 15) is 0 Å².